The van der Waals surface area contributed by atoms with Gasteiger partial charge < -0.3 is 24.7 Å². The molecule has 2 N–H and O–H groups in total. The van der Waals surface area contributed by atoms with Crippen LogP contribution in [0.2, 0.25) is 0 Å². The van der Waals surface area contributed by atoms with Crippen LogP contribution in [0.1, 0.15) is 36.9 Å². The molecule has 0 radical (unpaired) electrons. The molecule has 1 aliphatic rings. The second-order valence-electron chi connectivity index (χ2n) is 8.63. The van der Waals surface area contributed by atoms with Crippen molar-refractivity contribution >= 4 is 23.0 Å². The highest BCUT2D eigenvalue weighted by atomic mass is 32.1. The molecule has 184 valence electrons. The van der Waals surface area contributed by atoms with E-state index in [1.807, 2.05) is 79.9 Å². The fraction of sp³-hybridized carbons (Fsp3) is 0.241. The summed E-state index contributed by atoms with van der Waals surface area (Å²) in [4.78, 5) is 6.84. The van der Waals surface area contributed by atoms with E-state index in [-0.39, 0.29) is 12.1 Å². The molecule has 0 aliphatic carbocycles. The highest BCUT2D eigenvalue weighted by molar-refractivity contribution is 7.80. The minimum absolute atomic E-state index is 0.0967. The van der Waals surface area contributed by atoms with Gasteiger partial charge in [0, 0.05) is 30.5 Å². The smallest absolute Gasteiger partial charge is 0.170 e. The Kier molecular flexibility index (Phi) is 7.47. The quantitative estimate of drug-likeness (QED) is 0.199. The van der Waals surface area contributed by atoms with Gasteiger partial charge in [-0.25, -0.2) is 0 Å². The maximum atomic E-state index is 6.43. The number of hydrogen-bond acceptors (Lipinski definition) is 5. The molecule has 3 heterocycles. The summed E-state index contributed by atoms with van der Waals surface area (Å²) in [6.07, 6.45) is 2.74. The number of anilines is 1. The Hall–Kier alpha value is -3.84. The van der Waals surface area contributed by atoms with Crippen LogP contribution >= 0.6 is 12.2 Å². The van der Waals surface area contributed by atoms with E-state index in [0.717, 1.165) is 58.8 Å². The SMILES string of the molecule is CCOc1ccc(-c2ccc([C@@H]3[C@H](c4ccccn4)NC(=S)N3CCCNc3ccccc3)o2)cc1. The van der Waals surface area contributed by atoms with Crippen molar-refractivity contribution in [2.75, 3.05) is 25.0 Å². The van der Waals surface area contributed by atoms with Gasteiger partial charge in [-0.05, 0) is 86.2 Å². The zero-order valence-corrected chi connectivity index (χ0v) is 21.1. The molecule has 0 amide bonds. The van der Waals surface area contributed by atoms with Crippen molar-refractivity contribution in [3.05, 3.63) is 103 Å². The first-order valence-corrected chi connectivity index (χ1v) is 12.7. The molecule has 0 spiro atoms. The molecule has 5 rings (SSSR count). The first-order valence-electron chi connectivity index (χ1n) is 12.3. The van der Waals surface area contributed by atoms with Crippen molar-refractivity contribution in [2.24, 2.45) is 0 Å². The maximum Gasteiger partial charge on any atom is 0.170 e. The first-order chi connectivity index (χ1) is 17.7. The van der Waals surface area contributed by atoms with Crippen LogP contribution in [0.15, 0.2) is 95.5 Å². The monoisotopic (exact) mass is 498 g/mol. The largest absolute Gasteiger partial charge is 0.494 e. The van der Waals surface area contributed by atoms with Gasteiger partial charge in [-0.15, -0.1) is 0 Å². The maximum absolute atomic E-state index is 6.43. The van der Waals surface area contributed by atoms with Crippen LogP contribution in [0.25, 0.3) is 11.3 Å². The van der Waals surface area contributed by atoms with E-state index in [4.69, 9.17) is 21.4 Å². The summed E-state index contributed by atoms with van der Waals surface area (Å²) in [5.41, 5.74) is 3.06. The number of hydrogen-bond donors (Lipinski definition) is 2. The highest BCUT2D eigenvalue weighted by Crippen LogP contribution is 2.40. The van der Waals surface area contributed by atoms with E-state index >= 15 is 0 Å². The molecule has 1 fully saturated rings. The van der Waals surface area contributed by atoms with E-state index in [0.29, 0.717) is 6.61 Å². The van der Waals surface area contributed by atoms with Gasteiger partial charge in [0.25, 0.3) is 0 Å². The molecule has 1 saturated heterocycles. The number of aromatic nitrogens is 1. The fourth-order valence-electron chi connectivity index (χ4n) is 4.54. The Bertz CT molecular complexity index is 1260. The molecule has 2 aromatic heterocycles. The lowest BCUT2D eigenvalue weighted by atomic mass is 10.0. The predicted molar refractivity (Wildman–Crippen MR) is 147 cm³/mol. The minimum Gasteiger partial charge on any atom is -0.494 e. The van der Waals surface area contributed by atoms with Gasteiger partial charge in [0.1, 0.15) is 23.3 Å². The molecule has 2 aromatic carbocycles. The summed E-state index contributed by atoms with van der Waals surface area (Å²) >= 11 is 5.79. The van der Waals surface area contributed by atoms with Gasteiger partial charge in [0.2, 0.25) is 0 Å². The Labute approximate surface area is 217 Å². The summed E-state index contributed by atoms with van der Waals surface area (Å²) in [5.74, 6) is 2.53. The van der Waals surface area contributed by atoms with Crippen LogP contribution in [0.3, 0.4) is 0 Å². The topological polar surface area (TPSA) is 62.6 Å². The minimum atomic E-state index is -0.0971. The molecule has 6 nitrogen and oxygen atoms in total. The van der Waals surface area contributed by atoms with Gasteiger partial charge in [-0.1, -0.05) is 24.3 Å². The van der Waals surface area contributed by atoms with Crippen molar-refractivity contribution in [2.45, 2.75) is 25.4 Å². The number of rotatable bonds is 10. The van der Waals surface area contributed by atoms with Crippen LogP contribution in [0, 0.1) is 0 Å². The Morgan fingerprint density at radius 3 is 2.56 bits per heavy atom. The molecule has 1 aliphatic heterocycles. The van der Waals surface area contributed by atoms with Crippen LogP contribution in [0.4, 0.5) is 5.69 Å². The summed E-state index contributed by atoms with van der Waals surface area (Å²) in [5, 5.41) is 7.70. The third-order valence-electron chi connectivity index (χ3n) is 6.24. The highest BCUT2D eigenvalue weighted by Gasteiger charge is 2.41. The summed E-state index contributed by atoms with van der Waals surface area (Å²) in [6.45, 7) is 4.26. The third-order valence-corrected chi connectivity index (χ3v) is 6.60. The average Bonchev–Trinajstić information content (AvgIpc) is 3.53. The van der Waals surface area contributed by atoms with E-state index < -0.39 is 0 Å². The van der Waals surface area contributed by atoms with Crippen molar-refractivity contribution < 1.29 is 9.15 Å². The molecular formula is C29H30N4O2S. The molecule has 0 unspecified atom stereocenters. The van der Waals surface area contributed by atoms with E-state index in [2.05, 4.69) is 38.7 Å². The summed E-state index contributed by atoms with van der Waals surface area (Å²) in [7, 11) is 0. The number of ether oxygens (including phenoxy) is 1. The standard InChI is InChI=1S/C29H30N4O2S/c1-2-34-23-14-12-21(13-15-23)25-16-17-26(35-25)28-27(24-11-6-7-18-31-24)32-29(36)33(28)20-8-19-30-22-9-4-3-5-10-22/h3-7,9-18,27-28,30H,2,8,19-20H2,1H3,(H,32,36)/t27-,28+/m0/s1. The molecular weight excluding hydrogens is 468 g/mol. The van der Waals surface area contributed by atoms with Gasteiger partial charge in [-0.2, -0.15) is 0 Å². The van der Waals surface area contributed by atoms with Crippen LogP contribution in [-0.2, 0) is 0 Å². The number of benzene rings is 2. The number of pyridine rings is 1. The first kappa shape index (κ1) is 23.9. The molecule has 36 heavy (non-hydrogen) atoms. The van der Waals surface area contributed by atoms with Gasteiger partial charge in [-0.3, -0.25) is 4.98 Å². The number of nitrogens with one attached hydrogen (secondary N) is 2. The Balaban J connectivity index is 1.36. The van der Waals surface area contributed by atoms with Gasteiger partial charge in [0.05, 0.1) is 18.3 Å². The third kappa shape index (κ3) is 5.36. The second kappa shape index (κ2) is 11.3. The number of furan rings is 1. The summed E-state index contributed by atoms with van der Waals surface area (Å²) in [6, 6.07) is 28.1. The van der Waals surface area contributed by atoms with E-state index in [9.17, 15) is 0 Å². The zero-order chi connectivity index (χ0) is 24.7. The van der Waals surface area contributed by atoms with E-state index in [1.165, 1.54) is 0 Å². The van der Waals surface area contributed by atoms with Crippen LogP contribution in [-0.4, -0.2) is 34.7 Å². The van der Waals surface area contributed by atoms with Crippen molar-refractivity contribution in [1.29, 1.82) is 0 Å². The average molecular weight is 499 g/mol. The fourth-order valence-corrected chi connectivity index (χ4v) is 4.87. The number of thiocarbonyl (C=S) groups is 1. The zero-order valence-electron chi connectivity index (χ0n) is 20.3. The van der Waals surface area contributed by atoms with Crippen molar-refractivity contribution in [3.8, 4) is 17.1 Å². The van der Waals surface area contributed by atoms with Gasteiger partial charge in [0.15, 0.2) is 5.11 Å². The second-order valence-corrected chi connectivity index (χ2v) is 9.01. The number of nitrogens with zero attached hydrogens (tertiary/aromatic N) is 2. The van der Waals surface area contributed by atoms with Gasteiger partial charge >= 0.3 is 0 Å². The lowest BCUT2D eigenvalue weighted by Gasteiger charge is -2.26. The normalized spacial score (nSPS) is 17.1. The predicted octanol–water partition coefficient (Wildman–Crippen LogP) is 6.22. The molecule has 0 bridgehead atoms. The van der Waals surface area contributed by atoms with Crippen LogP contribution in [0.5, 0.6) is 5.75 Å². The lowest BCUT2D eigenvalue weighted by Crippen LogP contribution is -2.31. The molecule has 7 heteroatoms. The summed E-state index contributed by atoms with van der Waals surface area (Å²) < 4.78 is 12.0. The Morgan fingerprint density at radius 1 is 1.00 bits per heavy atom. The van der Waals surface area contributed by atoms with Crippen molar-refractivity contribution in [1.82, 2.24) is 15.2 Å². The molecule has 4 aromatic rings. The van der Waals surface area contributed by atoms with E-state index in [1.54, 1.807) is 0 Å². The van der Waals surface area contributed by atoms with Crippen LogP contribution < -0.4 is 15.4 Å². The molecule has 0 saturated carbocycles. The lowest BCUT2D eigenvalue weighted by molar-refractivity contribution is 0.274. The van der Waals surface area contributed by atoms with Crippen molar-refractivity contribution in [3.63, 3.8) is 0 Å². The molecule has 2 atom stereocenters. The number of para-hydroxylation sites is 1. The Morgan fingerprint density at radius 2 is 1.81 bits per heavy atom.